The summed E-state index contributed by atoms with van der Waals surface area (Å²) in [5, 5.41) is 11.3. The van der Waals surface area contributed by atoms with E-state index in [1.807, 2.05) is 6.92 Å². The van der Waals surface area contributed by atoms with Gasteiger partial charge in [0.05, 0.1) is 6.04 Å². The van der Waals surface area contributed by atoms with Crippen LogP contribution in [0.2, 0.25) is 0 Å². The molecular formula is C6H12NO2. The molecular weight excluding hydrogens is 118 g/mol. The summed E-state index contributed by atoms with van der Waals surface area (Å²) < 4.78 is 0. The van der Waals surface area contributed by atoms with E-state index >= 15 is 0 Å². The molecule has 0 aromatic heterocycles. The van der Waals surface area contributed by atoms with Crippen molar-refractivity contribution in [2.45, 2.75) is 32.5 Å². The predicted octanol–water partition coefficient (Wildman–Crippen LogP) is -0.197. The first-order valence-electron chi connectivity index (χ1n) is 3.02. The highest BCUT2D eigenvalue weighted by molar-refractivity contribution is 5.58. The molecule has 0 aliphatic heterocycles. The number of nitrogens with one attached hydrogen (secondary N) is 1. The van der Waals surface area contributed by atoms with Crippen LogP contribution in [0.15, 0.2) is 0 Å². The van der Waals surface area contributed by atoms with E-state index in [1.165, 1.54) is 0 Å². The fraction of sp³-hybridized carbons (Fsp3) is 0.833. The van der Waals surface area contributed by atoms with Crippen molar-refractivity contribution < 1.29 is 9.90 Å². The van der Waals surface area contributed by atoms with Gasteiger partial charge in [0.25, 0.3) is 0 Å². The van der Waals surface area contributed by atoms with E-state index in [0.717, 1.165) is 0 Å². The molecule has 53 valence electrons. The van der Waals surface area contributed by atoms with Crippen LogP contribution in [0.25, 0.3) is 0 Å². The third-order valence-corrected chi connectivity index (χ3v) is 0.993. The molecule has 0 aromatic carbocycles. The van der Waals surface area contributed by atoms with Crippen molar-refractivity contribution in [2.24, 2.45) is 0 Å². The molecule has 0 saturated heterocycles. The van der Waals surface area contributed by atoms with E-state index in [-0.39, 0.29) is 6.04 Å². The Kier molecular flexibility index (Phi) is 4.26. The Labute approximate surface area is 55.1 Å². The predicted molar refractivity (Wildman–Crippen MR) is 34.6 cm³/mol. The van der Waals surface area contributed by atoms with E-state index in [4.69, 9.17) is 5.11 Å². The summed E-state index contributed by atoms with van der Waals surface area (Å²) in [5.41, 5.74) is 0. The van der Waals surface area contributed by atoms with Crippen molar-refractivity contribution in [3.8, 4) is 0 Å². The molecule has 9 heavy (non-hydrogen) atoms. The first-order chi connectivity index (χ1) is 4.20. The molecule has 2 atom stereocenters. The highest BCUT2D eigenvalue weighted by Gasteiger charge is 2.05. The van der Waals surface area contributed by atoms with Crippen molar-refractivity contribution in [1.29, 1.82) is 0 Å². The highest BCUT2D eigenvalue weighted by atomic mass is 16.3. The van der Waals surface area contributed by atoms with Crippen molar-refractivity contribution in [1.82, 2.24) is 5.32 Å². The van der Waals surface area contributed by atoms with Crippen molar-refractivity contribution in [2.75, 3.05) is 0 Å². The van der Waals surface area contributed by atoms with Gasteiger partial charge in [-0.25, -0.2) is 0 Å². The fourth-order valence-corrected chi connectivity index (χ4v) is 0.526. The van der Waals surface area contributed by atoms with E-state index in [2.05, 4.69) is 5.32 Å². The monoisotopic (exact) mass is 130 g/mol. The number of aliphatic hydroxyl groups is 1. The number of hydrogen-bond acceptors (Lipinski definition) is 3. The Hall–Kier alpha value is -0.410. The van der Waals surface area contributed by atoms with Gasteiger partial charge in [-0.2, -0.15) is 0 Å². The Balaban J connectivity index is 3.42. The van der Waals surface area contributed by atoms with Crippen LogP contribution >= 0.6 is 0 Å². The van der Waals surface area contributed by atoms with Crippen LogP contribution in [0, 0.1) is 0 Å². The fourth-order valence-electron chi connectivity index (χ4n) is 0.526. The molecule has 0 aromatic rings. The summed E-state index contributed by atoms with van der Waals surface area (Å²) in [6.07, 6.45) is 1.79. The van der Waals surface area contributed by atoms with Crippen LogP contribution in [-0.4, -0.2) is 23.7 Å². The van der Waals surface area contributed by atoms with Gasteiger partial charge in [-0.1, -0.05) is 6.92 Å². The zero-order valence-electron chi connectivity index (χ0n) is 5.72. The second-order valence-electron chi connectivity index (χ2n) is 1.92. The summed E-state index contributed by atoms with van der Waals surface area (Å²) in [6, 6.07) is -0.329. The SMILES string of the molecule is CCC([C]=O)NC(C)O. The maximum atomic E-state index is 9.97. The van der Waals surface area contributed by atoms with Gasteiger partial charge >= 0.3 is 0 Å². The molecule has 0 amide bonds. The molecule has 2 unspecified atom stereocenters. The Morgan fingerprint density at radius 3 is 2.44 bits per heavy atom. The molecule has 0 aliphatic carbocycles. The highest BCUT2D eigenvalue weighted by Crippen LogP contribution is 1.86. The van der Waals surface area contributed by atoms with E-state index < -0.39 is 6.23 Å². The van der Waals surface area contributed by atoms with E-state index in [9.17, 15) is 4.79 Å². The van der Waals surface area contributed by atoms with Crippen LogP contribution in [0.5, 0.6) is 0 Å². The average molecular weight is 130 g/mol. The number of aliphatic hydroxyl groups excluding tert-OH is 1. The van der Waals surface area contributed by atoms with E-state index in [0.29, 0.717) is 6.42 Å². The quantitative estimate of drug-likeness (QED) is 0.518. The smallest absolute Gasteiger partial charge is 0.216 e. The number of carbonyl (C=O) groups excluding carboxylic acids is 1. The van der Waals surface area contributed by atoms with Crippen molar-refractivity contribution in [3.05, 3.63) is 0 Å². The minimum atomic E-state index is -0.628. The molecule has 3 heteroatoms. The first-order valence-corrected chi connectivity index (χ1v) is 3.02. The first kappa shape index (κ1) is 8.59. The summed E-state index contributed by atoms with van der Waals surface area (Å²) in [6.45, 7) is 3.42. The third kappa shape index (κ3) is 4.12. The van der Waals surface area contributed by atoms with Crippen molar-refractivity contribution in [3.63, 3.8) is 0 Å². The zero-order valence-corrected chi connectivity index (χ0v) is 5.72. The van der Waals surface area contributed by atoms with Gasteiger partial charge in [-0.15, -0.1) is 0 Å². The topological polar surface area (TPSA) is 49.3 Å². The molecule has 1 radical (unpaired) electrons. The van der Waals surface area contributed by atoms with Gasteiger partial charge in [0, 0.05) is 0 Å². The van der Waals surface area contributed by atoms with Gasteiger partial charge in [0.2, 0.25) is 6.29 Å². The lowest BCUT2D eigenvalue weighted by atomic mass is 10.2. The Morgan fingerprint density at radius 1 is 1.78 bits per heavy atom. The van der Waals surface area contributed by atoms with Crippen LogP contribution in [0.4, 0.5) is 0 Å². The van der Waals surface area contributed by atoms with Crippen LogP contribution in [0.1, 0.15) is 20.3 Å². The van der Waals surface area contributed by atoms with E-state index in [1.54, 1.807) is 13.2 Å². The zero-order chi connectivity index (χ0) is 7.28. The Morgan fingerprint density at radius 2 is 2.33 bits per heavy atom. The second kappa shape index (κ2) is 4.47. The van der Waals surface area contributed by atoms with Gasteiger partial charge in [0.15, 0.2) is 0 Å². The number of hydrogen-bond donors (Lipinski definition) is 2. The van der Waals surface area contributed by atoms with Gasteiger partial charge in [-0.3, -0.25) is 10.1 Å². The molecule has 0 fully saturated rings. The molecule has 3 nitrogen and oxygen atoms in total. The molecule has 0 rings (SSSR count). The average Bonchev–Trinajstić information content (AvgIpc) is 1.82. The van der Waals surface area contributed by atoms with Crippen LogP contribution in [-0.2, 0) is 4.79 Å². The lowest BCUT2D eigenvalue weighted by molar-refractivity contribution is 0.149. The van der Waals surface area contributed by atoms with Gasteiger partial charge in [-0.05, 0) is 13.3 Å². The maximum absolute atomic E-state index is 9.97. The van der Waals surface area contributed by atoms with Gasteiger partial charge < -0.3 is 5.11 Å². The maximum Gasteiger partial charge on any atom is 0.216 e. The molecule has 0 spiro atoms. The molecule has 0 heterocycles. The molecule has 0 bridgehead atoms. The second-order valence-corrected chi connectivity index (χ2v) is 1.92. The van der Waals surface area contributed by atoms with Crippen LogP contribution < -0.4 is 5.32 Å². The van der Waals surface area contributed by atoms with Gasteiger partial charge in [0.1, 0.15) is 6.23 Å². The molecule has 0 saturated carbocycles. The normalized spacial score (nSPS) is 16.8. The molecule has 0 aliphatic rings. The summed E-state index contributed by atoms with van der Waals surface area (Å²) in [5.74, 6) is 0. The summed E-state index contributed by atoms with van der Waals surface area (Å²) in [7, 11) is 0. The van der Waals surface area contributed by atoms with Crippen molar-refractivity contribution >= 4 is 6.29 Å². The summed E-state index contributed by atoms with van der Waals surface area (Å²) >= 11 is 0. The number of rotatable bonds is 4. The largest absolute Gasteiger partial charge is 0.379 e. The minimum Gasteiger partial charge on any atom is -0.379 e. The third-order valence-electron chi connectivity index (χ3n) is 0.993. The van der Waals surface area contributed by atoms with Crippen LogP contribution in [0.3, 0.4) is 0 Å². The lowest BCUT2D eigenvalue weighted by Crippen LogP contribution is -2.36. The standard InChI is InChI=1S/C6H12NO2/c1-3-6(4-8)7-5(2)9/h5-7,9H,3H2,1-2H3. The molecule has 2 N–H and O–H groups in total. The summed E-state index contributed by atoms with van der Waals surface area (Å²) in [4.78, 5) is 9.97. The lowest BCUT2D eigenvalue weighted by Gasteiger charge is -2.10. The Bertz CT molecular complexity index is 83.1. The minimum absolute atomic E-state index is 0.329.